The number of nitrogens with zero attached hydrogens (tertiary/aromatic N) is 2. The van der Waals surface area contributed by atoms with E-state index >= 15 is 0 Å². The van der Waals surface area contributed by atoms with Gasteiger partial charge in [0.1, 0.15) is 0 Å². The fourth-order valence-electron chi connectivity index (χ4n) is 2.24. The maximum Gasteiger partial charge on any atom is 0.224 e. The highest BCUT2D eigenvalue weighted by molar-refractivity contribution is 5.93. The summed E-state index contributed by atoms with van der Waals surface area (Å²) in [5, 5.41) is 10.7. The molecule has 5 heteroatoms. The third-order valence-electron chi connectivity index (χ3n) is 3.32. The number of anilines is 1. The predicted molar refractivity (Wildman–Crippen MR) is 81.9 cm³/mol. The summed E-state index contributed by atoms with van der Waals surface area (Å²) >= 11 is 0. The van der Waals surface area contributed by atoms with Crippen molar-refractivity contribution in [2.45, 2.75) is 19.3 Å². The van der Waals surface area contributed by atoms with Crippen LogP contribution in [0.2, 0.25) is 0 Å². The molecule has 3 rings (SSSR count). The summed E-state index contributed by atoms with van der Waals surface area (Å²) in [6.45, 7) is 0. The molecule has 0 aliphatic heterocycles. The average Bonchev–Trinajstić information content (AvgIpc) is 2.96. The molecule has 0 fully saturated rings. The Hall–Kier alpha value is -2.69. The molecule has 0 saturated carbocycles. The number of aromatic amines is 1. The standard InChI is InChI=1S/C16H16N4O/c21-16(5-1-3-12-4-2-8-17-10-12)19-14-6-7-15-13(9-14)11-18-20-15/h2,4,6-11H,1,3,5H2,(H,18,20)(H,19,21). The summed E-state index contributed by atoms with van der Waals surface area (Å²) in [4.78, 5) is 16.0. The molecule has 1 amide bonds. The van der Waals surface area contributed by atoms with E-state index in [4.69, 9.17) is 0 Å². The van der Waals surface area contributed by atoms with E-state index in [2.05, 4.69) is 20.5 Å². The summed E-state index contributed by atoms with van der Waals surface area (Å²) in [5.74, 6) is 0.0294. The maximum atomic E-state index is 11.9. The summed E-state index contributed by atoms with van der Waals surface area (Å²) in [7, 11) is 0. The molecular formula is C16H16N4O. The minimum atomic E-state index is 0.0294. The van der Waals surface area contributed by atoms with Crippen molar-refractivity contribution in [2.24, 2.45) is 0 Å². The van der Waals surface area contributed by atoms with Crippen LogP contribution in [0.1, 0.15) is 18.4 Å². The molecule has 2 aromatic heterocycles. The number of rotatable bonds is 5. The van der Waals surface area contributed by atoms with Crippen molar-refractivity contribution in [1.29, 1.82) is 0 Å². The van der Waals surface area contributed by atoms with Gasteiger partial charge in [-0.15, -0.1) is 0 Å². The Morgan fingerprint density at radius 1 is 1.24 bits per heavy atom. The van der Waals surface area contributed by atoms with Gasteiger partial charge in [-0.25, -0.2) is 0 Å². The molecule has 0 atom stereocenters. The van der Waals surface area contributed by atoms with Crippen LogP contribution in [0.15, 0.2) is 48.9 Å². The minimum Gasteiger partial charge on any atom is -0.326 e. The van der Waals surface area contributed by atoms with Crippen LogP contribution >= 0.6 is 0 Å². The number of H-pyrrole nitrogens is 1. The molecule has 106 valence electrons. The van der Waals surface area contributed by atoms with Gasteiger partial charge in [0.25, 0.3) is 0 Å². The normalized spacial score (nSPS) is 10.7. The SMILES string of the molecule is O=C(CCCc1cccnc1)Nc1ccc2[nH]ncc2c1. The number of benzene rings is 1. The smallest absolute Gasteiger partial charge is 0.224 e. The quantitative estimate of drug-likeness (QED) is 0.755. The lowest BCUT2D eigenvalue weighted by atomic mass is 10.1. The molecular weight excluding hydrogens is 264 g/mol. The van der Waals surface area contributed by atoms with Crippen molar-refractivity contribution < 1.29 is 4.79 Å². The number of hydrogen-bond donors (Lipinski definition) is 2. The second-order valence-corrected chi connectivity index (χ2v) is 4.94. The van der Waals surface area contributed by atoms with Crippen molar-refractivity contribution >= 4 is 22.5 Å². The summed E-state index contributed by atoms with van der Waals surface area (Å²) in [6, 6.07) is 9.64. The maximum absolute atomic E-state index is 11.9. The summed E-state index contributed by atoms with van der Waals surface area (Å²) in [6.07, 6.45) is 7.51. The van der Waals surface area contributed by atoms with E-state index < -0.39 is 0 Å². The summed E-state index contributed by atoms with van der Waals surface area (Å²) in [5.41, 5.74) is 2.92. The predicted octanol–water partition coefficient (Wildman–Crippen LogP) is 2.92. The highest BCUT2D eigenvalue weighted by Gasteiger charge is 2.04. The van der Waals surface area contributed by atoms with Gasteiger partial charge in [0, 0.05) is 29.9 Å². The van der Waals surface area contributed by atoms with Crippen molar-refractivity contribution in [2.75, 3.05) is 5.32 Å². The number of aromatic nitrogens is 3. The Kier molecular flexibility index (Phi) is 3.91. The first-order valence-electron chi connectivity index (χ1n) is 6.93. The van der Waals surface area contributed by atoms with Gasteiger partial charge in [0.2, 0.25) is 5.91 Å². The molecule has 1 aromatic carbocycles. The summed E-state index contributed by atoms with van der Waals surface area (Å²) < 4.78 is 0. The van der Waals surface area contributed by atoms with Crippen LogP contribution in [0.5, 0.6) is 0 Å². The Morgan fingerprint density at radius 3 is 3.05 bits per heavy atom. The highest BCUT2D eigenvalue weighted by Crippen LogP contribution is 2.17. The van der Waals surface area contributed by atoms with Crippen molar-refractivity contribution in [3.63, 3.8) is 0 Å². The molecule has 0 bridgehead atoms. The van der Waals surface area contributed by atoms with Crippen LogP contribution in [0, 0.1) is 0 Å². The van der Waals surface area contributed by atoms with Gasteiger partial charge in [-0.1, -0.05) is 6.07 Å². The molecule has 0 radical (unpaired) electrons. The monoisotopic (exact) mass is 280 g/mol. The van der Waals surface area contributed by atoms with Gasteiger partial charge < -0.3 is 5.32 Å². The van der Waals surface area contributed by atoms with Gasteiger partial charge >= 0.3 is 0 Å². The van der Waals surface area contributed by atoms with Crippen molar-refractivity contribution in [3.8, 4) is 0 Å². The minimum absolute atomic E-state index is 0.0294. The van der Waals surface area contributed by atoms with Gasteiger partial charge in [-0.3, -0.25) is 14.9 Å². The van der Waals surface area contributed by atoms with Crippen LogP contribution < -0.4 is 5.32 Å². The number of amides is 1. The largest absolute Gasteiger partial charge is 0.326 e. The zero-order valence-electron chi connectivity index (χ0n) is 11.5. The molecule has 2 heterocycles. The van der Waals surface area contributed by atoms with Gasteiger partial charge in [-0.05, 0) is 42.7 Å². The number of carbonyl (C=O) groups is 1. The lowest BCUT2D eigenvalue weighted by Gasteiger charge is -2.05. The molecule has 2 N–H and O–H groups in total. The first kappa shape index (κ1) is 13.3. The second kappa shape index (κ2) is 6.17. The fourth-order valence-corrected chi connectivity index (χ4v) is 2.24. The van der Waals surface area contributed by atoms with E-state index in [-0.39, 0.29) is 5.91 Å². The lowest BCUT2D eigenvalue weighted by Crippen LogP contribution is -2.11. The Labute approximate surface area is 122 Å². The van der Waals surface area contributed by atoms with Gasteiger partial charge in [0.05, 0.1) is 11.7 Å². The average molecular weight is 280 g/mol. The topological polar surface area (TPSA) is 70.7 Å². The molecule has 21 heavy (non-hydrogen) atoms. The Bertz CT molecular complexity index is 736. The van der Waals surface area contributed by atoms with Crippen molar-refractivity contribution in [3.05, 3.63) is 54.5 Å². The molecule has 0 aliphatic rings. The van der Waals surface area contributed by atoms with E-state index in [1.807, 2.05) is 36.5 Å². The molecule has 0 spiro atoms. The molecule has 5 nitrogen and oxygen atoms in total. The highest BCUT2D eigenvalue weighted by atomic mass is 16.1. The van der Waals surface area contributed by atoms with E-state index in [1.54, 1.807) is 12.4 Å². The number of carbonyl (C=O) groups excluding carboxylic acids is 1. The lowest BCUT2D eigenvalue weighted by molar-refractivity contribution is -0.116. The van der Waals surface area contributed by atoms with Crippen LogP contribution in [0.25, 0.3) is 10.9 Å². The molecule has 0 saturated heterocycles. The third-order valence-corrected chi connectivity index (χ3v) is 3.32. The van der Waals surface area contributed by atoms with Gasteiger partial charge in [0.15, 0.2) is 0 Å². The molecule has 0 aliphatic carbocycles. The van der Waals surface area contributed by atoms with Crippen LogP contribution in [0.3, 0.4) is 0 Å². The third kappa shape index (κ3) is 3.45. The molecule has 3 aromatic rings. The first-order chi connectivity index (χ1) is 10.3. The Balaban J connectivity index is 1.51. The van der Waals surface area contributed by atoms with Crippen LogP contribution in [0.4, 0.5) is 5.69 Å². The number of pyridine rings is 1. The van der Waals surface area contributed by atoms with E-state index in [0.717, 1.165) is 35.0 Å². The number of nitrogens with one attached hydrogen (secondary N) is 2. The van der Waals surface area contributed by atoms with E-state index in [1.165, 1.54) is 0 Å². The zero-order valence-corrected chi connectivity index (χ0v) is 11.5. The van der Waals surface area contributed by atoms with Crippen LogP contribution in [-0.4, -0.2) is 21.1 Å². The number of aryl methyl sites for hydroxylation is 1. The van der Waals surface area contributed by atoms with Crippen LogP contribution in [-0.2, 0) is 11.2 Å². The first-order valence-corrected chi connectivity index (χ1v) is 6.93. The van der Waals surface area contributed by atoms with Gasteiger partial charge in [-0.2, -0.15) is 5.10 Å². The fraction of sp³-hybridized carbons (Fsp3) is 0.188. The van der Waals surface area contributed by atoms with Crippen molar-refractivity contribution in [1.82, 2.24) is 15.2 Å². The van der Waals surface area contributed by atoms with E-state index in [0.29, 0.717) is 6.42 Å². The number of fused-ring (bicyclic) bond motifs is 1. The Morgan fingerprint density at radius 2 is 2.19 bits per heavy atom. The second-order valence-electron chi connectivity index (χ2n) is 4.94. The zero-order chi connectivity index (χ0) is 14.5. The molecule has 0 unspecified atom stereocenters. The van der Waals surface area contributed by atoms with E-state index in [9.17, 15) is 4.79 Å². The number of hydrogen-bond acceptors (Lipinski definition) is 3.